The molecular formula is C25H35FN2O3. The molecule has 31 heavy (non-hydrogen) atoms. The van der Waals surface area contributed by atoms with E-state index in [1.54, 1.807) is 30.3 Å². The van der Waals surface area contributed by atoms with Crippen LogP contribution >= 0.6 is 0 Å². The third-order valence-electron chi connectivity index (χ3n) is 5.52. The fraction of sp³-hybridized carbons (Fsp3) is 0.480. The lowest BCUT2D eigenvalue weighted by molar-refractivity contribution is 0.0640. The number of rotatable bonds is 12. The maximum atomic E-state index is 13.5. The highest BCUT2D eigenvalue weighted by molar-refractivity contribution is 5.96. The number of aliphatic hydroxyl groups is 2. The van der Waals surface area contributed by atoms with E-state index in [4.69, 9.17) is 0 Å². The van der Waals surface area contributed by atoms with Gasteiger partial charge in [0.05, 0.1) is 6.61 Å². The van der Waals surface area contributed by atoms with Gasteiger partial charge in [-0.15, -0.1) is 0 Å². The Balaban J connectivity index is 2.38. The van der Waals surface area contributed by atoms with E-state index in [9.17, 15) is 19.4 Å². The van der Waals surface area contributed by atoms with E-state index < -0.39 is 5.60 Å². The van der Waals surface area contributed by atoms with Crippen LogP contribution in [0.15, 0.2) is 42.5 Å². The minimum absolute atomic E-state index is 0.0148. The van der Waals surface area contributed by atoms with E-state index >= 15 is 0 Å². The minimum atomic E-state index is -1.39. The van der Waals surface area contributed by atoms with E-state index in [-0.39, 0.29) is 18.2 Å². The second-order valence-corrected chi connectivity index (χ2v) is 8.63. The van der Waals surface area contributed by atoms with E-state index in [0.717, 1.165) is 19.5 Å². The summed E-state index contributed by atoms with van der Waals surface area (Å²) in [6.45, 7) is 1.30. The van der Waals surface area contributed by atoms with Gasteiger partial charge in [0.25, 0.3) is 0 Å². The third-order valence-corrected chi connectivity index (χ3v) is 5.52. The van der Waals surface area contributed by atoms with Gasteiger partial charge in [-0.1, -0.05) is 24.3 Å². The van der Waals surface area contributed by atoms with Crippen LogP contribution in [0.5, 0.6) is 0 Å². The van der Waals surface area contributed by atoms with E-state index in [1.807, 2.05) is 38.0 Å². The van der Waals surface area contributed by atoms with Crippen LogP contribution in [0.4, 0.5) is 4.39 Å². The number of nitrogens with zero attached hydrogens (tertiary/aromatic N) is 2. The van der Waals surface area contributed by atoms with E-state index in [1.165, 1.54) is 12.1 Å². The van der Waals surface area contributed by atoms with Crippen molar-refractivity contribution in [2.45, 2.75) is 37.9 Å². The fourth-order valence-electron chi connectivity index (χ4n) is 3.81. The Morgan fingerprint density at radius 3 is 2.16 bits per heavy atom. The first-order valence-electron chi connectivity index (χ1n) is 10.7. The van der Waals surface area contributed by atoms with Gasteiger partial charge in [0.2, 0.25) is 0 Å². The molecular weight excluding hydrogens is 395 g/mol. The van der Waals surface area contributed by atoms with Crippen molar-refractivity contribution < 1.29 is 19.4 Å². The van der Waals surface area contributed by atoms with Crippen LogP contribution in [0.1, 0.15) is 52.7 Å². The smallest absolute Gasteiger partial charge is 0.162 e. The number of hydrogen-bond acceptors (Lipinski definition) is 5. The SMILES string of the molecule is CN(C)CCCC(=O)c1ccc(C(O)(CCCN(C)C)c2ccc(F)cc2)c(CO)c1. The molecule has 2 aromatic carbocycles. The molecule has 0 aliphatic rings. The topological polar surface area (TPSA) is 64.0 Å². The maximum absolute atomic E-state index is 13.5. The number of hydrogen-bond donors (Lipinski definition) is 2. The van der Waals surface area contributed by atoms with Gasteiger partial charge >= 0.3 is 0 Å². The highest BCUT2D eigenvalue weighted by Gasteiger charge is 2.33. The zero-order valence-corrected chi connectivity index (χ0v) is 19.1. The van der Waals surface area contributed by atoms with Gasteiger partial charge in [0.1, 0.15) is 11.4 Å². The summed E-state index contributed by atoms with van der Waals surface area (Å²) in [4.78, 5) is 16.7. The second kappa shape index (κ2) is 11.5. The number of carbonyl (C=O) groups is 1. The average Bonchev–Trinajstić information content (AvgIpc) is 2.73. The Kier molecular flexibility index (Phi) is 9.32. The molecule has 0 fully saturated rings. The number of ketones is 1. The Morgan fingerprint density at radius 2 is 1.58 bits per heavy atom. The summed E-state index contributed by atoms with van der Waals surface area (Å²) in [6.07, 6.45) is 2.29. The van der Waals surface area contributed by atoms with Gasteiger partial charge < -0.3 is 20.0 Å². The zero-order valence-electron chi connectivity index (χ0n) is 19.1. The summed E-state index contributed by atoms with van der Waals surface area (Å²) in [6, 6.07) is 10.9. The van der Waals surface area contributed by atoms with Gasteiger partial charge in [-0.3, -0.25) is 4.79 Å². The average molecular weight is 431 g/mol. The van der Waals surface area contributed by atoms with Gasteiger partial charge in [-0.2, -0.15) is 0 Å². The Hall–Kier alpha value is -2.12. The first-order valence-corrected chi connectivity index (χ1v) is 10.7. The zero-order chi connectivity index (χ0) is 23.0. The summed E-state index contributed by atoms with van der Waals surface area (Å²) in [7, 11) is 7.87. The van der Waals surface area contributed by atoms with Crippen molar-refractivity contribution in [3.05, 3.63) is 70.5 Å². The molecule has 0 aliphatic heterocycles. The minimum Gasteiger partial charge on any atom is -0.392 e. The molecule has 0 saturated carbocycles. The van der Waals surface area contributed by atoms with E-state index in [2.05, 4.69) is 0 Å². The molecule has 0 bridgehead atoms. The predicted molar refractivity (Wildman–Crippen MR) is 122 cm³/mol. The largest absolute Gasteiger partial charge is 0.392 e. The number of halogens is 1. The van der Waals surface area contributed by atoms with E-state index in [0.29, 0.717) is 41.5 Å². The summed E-state index contributed by atoms with van der Waals surface area (Å²) >= 11 is 0. The van der Waals surface area contributed by atoms with Crippen LogP contribution in [0.2, 0.25) is 0 Å². The molecule has 2 aromatic rings. The third kappa shape index (κ3) is 6.94. The molecule has 2 rings (SSSR count). The van der Waals surface area contributed by atoms with Crippen molar-refractivity contribution >= 4 is 5.78 Å². The lowest BCUT2D eigenvalue weighted by Gasteiger charge is -2.32. The molecule has 6 heteroatoms. The van der Waals surface area contributed by atoms with Crippen molar-refractivity contribution in [1.82, 2.24) is 9.80 Å². The summed E-state index contributed by atoms with van der Waals surface area (Å²) < 4.78 is 13.5. The molecule has 0 saturated heterocycles. The molecule has 0 aromatic heterocycles. The van der Waals surface area contributed by atoms with Crippen LogP contribution in [0, 0.1) is 5.82 Å². The number of carbonyl (C=O) groups excluding carboxylic acids is 1. The Bertz CT molecular complexity index is 852. The second-order valence-electron chi connectivity index (χ2n) is 8.63. The molecule has 0 spiro atoms. The fourth-order valence-corrected chi connectivity index (χ4v) is 3.81. The van der Waals surface area contributed by atoms with Crippen molar-refractivity contribution in [1.29, 1.82) is 0 Å². The highest BCUT2D eigenvalue weighted by Crippen LogP contribution is 2.37. The van der Waals surface area contributed by atoms with Crippen LogP contribution in [0.3, 0.4) is 0 Å². The molecule has 0 radical (unpaired) electrons. The Morgan fingerprint density at radius 1 is 0.968 bits per heavy atom. The van der Waals surface area contributed by atoms with Gasteiger partial charge in [-0.25, -0.2) is 4.39 Å². The quantitative estimate of drug-likeness (QED) is 0.505. The molecule has 1 atom stereocenters. The predicted octanol–water partition coefficient (Wildman–Crippen LogP) is 3.42. The molecule has 1 unspecified atom stereocenters. The number of Topliss-reactive ketones (excluding diaryl/α,β-unsaturated/α-hetero) is 1. The first kappa shape index (κ1) is 25.1. The normalized spacial score (nSPS) is 13.6. The Labute approximate surface area is 185 Å². The van der Waals surface area contributed by atoms with Crippen LogP contribution in [-0.4, -0.2) is 67.1 Å². The first-order chi connectivity index (χ1) is 14.7. The maximum Gasteiger partial charge on any atom is 0.162 e. The number of benzene rings is 2. The summed E-state index contributed by atoms with van der Waals surface area (Å²) in [5, 5.41) is 21.8. The van der Waals surface area contributed by atoms with Gasteiger partial charge in [0, 0.05) is 12.0 Å². The van der Waals surface area contributed by atoms with Gasteiger partial charge in [0.15, 0.2) is 5.78 Å². The van der Waals surface area contributed by atoms with Crippen LogP contribution < -0.4 is 0 Å². The molecule has 2 N–H and O–H groups in total. The monoisotopic (exact) mass is 430 g/mol. The molecule has 0 amide bonds. The van der Waals surface area contributed by atoms with Crippen molar-refractivity contribution in [3.63, 3.8) is 0 Å². The van der Waals surface area contributed by atoms with Crippen LogP contribution in [0.25, 0.3) is 0 Å². The molecule has 5 nitrogen and oxygen atoms in total. The van der Waals surface area contributed by atoms with Crippen molar-refractivity contribution in [3.8, 4) is 0 Å². The van der Waals surface area contributed by atoms with Crippen molar-refractivity contribution in [2.75, 3.05) is 41.3 Å². The number of aliphatic hydroxyl groups excluding tert-OH is 1. The van der Waals surface area contributed by atoms with Crippen molar-refractivity contribution in [2.24, 2.45) is 0 Å². The standard InChI is InChI=1S/C25H35FN2O3/c1-27(2)15-5-7-24(30)19-8-13-23(20(17-19)18-29)25(31,14-6-16-28(3)4)21-9-11-22(26)12-10-21/h8-13,17,29,31H,5-7,14-16,18H2,1-4H3. The van der Waals surface area contributed by atoms with Crippen LogP contribution in [-0.2, 0) is 12.2 Å². The lowest BCUT2D eigenvalue weighted by Crippen LogP contribution is -2.30. The lowest BCUT2D eigenvalue weighted by atomic mass is 9.79. The molecule has 0 aliphatic carbocycles. The summed E-state index contributed by atoms with van der Waals surface area (Å²) in [5.74, 6) is -0.360. The highest BCUT2D eigenvalue weighted by atomic mass is 19.1. The molecule has 170 valence electrons. The summed E-state index contributed by atoms with van der Waals surface area (Å²) in [5.41, 5.74) is 0.753. The van der Waals surface area contributed by atoms with Gasteiger partial charge in [-0.05, 0) is 95.4 Å². The molecule has 0 heterocycles.